The molecule has 1 aromatic heterocycles. The first-order valence-electron chi connectivity index (χ1n) is 7.04. The van der Waals surface area contributed by atoms with Crippen molar-refractivity contribution in [1.29, 1.82) is 5.26 Å². The molecule has 0 atom stereocenters. The number of pyridine rings is 1. The van der Waals surface area contributed by atoms with Crippen molar-refractivity contribution in [3.63, 3.8) is 0 Å². The quantitative estimate of drug-likeness (QED) is 0.772. The lowest BCUT2D eigenvalue weighted by molar-refractivity contribution is 0.198. The zero-order valence-corrected chi connectivity index (χ0v) is 12.4. The smallest absolute Gasteiger partial charge is 0.130 e. The molecule has 0 spiro atoms. The van der Waals surface area contributed by atoms with E-state index in [1.807, 2.05) is 19.1 Å². The van der Waals surface area contributed by atoms with E-state index in [1.54, 1.807) is 0 Å². The van der Waals surface area contributed by atoms with E-state index >= 15 is 0 Å². The highest BCUT2D eigenvalue weighted by atomic mass is 15.2. The van der Waals surface area contributed by atoms with Gasteiger partial charge in [-0.15, -0.1) is 0 Å². The van der Waals surface area contributed by atoms with Crippen LogP contribution in [0.2, 0.25) is 0 Å². The van der Waals surface area contributed by atoms with Crippen molar-refractivity contribution >= 4 is 5.82 Å². The molecule has 0 aliphatic carbocycles. The Morgan fingerprint density at radius 2 is 1.89 bits per heavy atom. The van der Waals surface area contributed by atoms with E-state index in [2.05, 4.69) is 36.7 Å². The lowest BCUT2D eigenvalue weighted by Gasteiger charge is -2.39. The Labute approximate surface area is 116 Å². The number of aryl methyl sites for hydroxylation is 1. The summed E-state index contributed by atoms with van der Waals surface area (Å²) in [4.78, 5) is 6.88. The molecule has 0 saturated carbocycles. The molecule has 0 unspecified atom stereocenters. The summed E-state index contributed by atoms with van der Waals surface area (Å²) in [5.41, 5.74) is 2.02. The number of nitriles is 1. The van der Waals surface area contributed by atoms with Crippen molar-refractivity contribution in [2.24, 2.45) is 11.3 Å². The number of anilines is 1. The highest BCUT2D eigenvalue weighted by molar-refractivity contribution is 5.46. The van der Waals surface area contributed by atoms with E-state index in [-0.39, 0.29) is 0 Å². The van der Waals surface area contributed by atoms with Crippen LogP contribution < -0.4 is 4.90 Å². The summed E-state index contributed by atoms with van der Waals surface area (Å²) in [7, 11) is 0. The fraction of sp³-hybridized carbons (Fsp3) is 0.625. The minimum Gasteiger partial charge on any atom is -0.357 e. The molecule has 1 saturated heterocycles. The van der Waals surface area contributed by atoms with Gasteiger partial charge >= 0.3 is 0 Å². The summed E-state index contributed by atoms with van der Waals surface area (Å²) >= 11 is 0. The van der Waals surface area contributed by atoms with E-state index < -0.39 is 0 Å². The summed E-state index contributed by atoms with van der Waals surface area (Å²) in [6.07, 6.45) is 2.42. The highest BCUT2D eigenvalue weighted by Gasteiger charge is 2.29. The van der Waals surface area contributed by atoms with Gasteiger partial charge in [0.15, 0.2) is 0 Å². The number of hydrogen-bond donors (Lipinski definition) is 0. The molecule has 1 fully saturated rings. The Bertz CT molecular complexity index is 486. The Hall–Kier alpha value is -1.56. The second-order valence-electron chi connectivity index (χ2n) is 6.59. The van der Waals surface area contributed by atoms with Gasteiger partial charge in [0.25, 0.3) is 0 Å². The van der Waals surface area contributed by atoms with E-state index in [4.69, 9.17) is 5.26 Å². The zero-order chi connectivity index (χ0) is 14.0. The van der Waals surface area contributed by atoms with Crippen LogP contribution in [0.4, 0.5) is 5.82 Å². The first kappa shape index (κ1) is 13.9. The number of aromatic nitrogens is 1. The normalized spacial score (nSPS) is 17.3. The Morgan fingerprint density at radius 3 is 2.42 bits per heavy atom. The molecule has 19 heavy (non-hydrogen) atoms. The van der Waals surface area contributed by atoms with Crippen molar-refractivity contribution in [1.82, 2.24) is 4.98 Å². The van der Waals surface area contributed by atoms with Gasteiger partial charge in [0.2, 0.25) is 0 Å². The van der Waals surface area contributed by atoms with Gasteiger partial charge in [0.05, 0.1) is 11.6 Å². The van der Waals surface area contributed by atoms with Gasteiger partial charge in [-0.05, 0) is 43.2 Å². The predicted octanol–water partition coefficient (Wildman–Crippen LogP) is 3.52. The molecule has 3 nitrogen and oxygen atoms in total. The van der Waals surface area contributed by atoms with Crippen LogP contribution >= 0.6 is 0 Å². The van der Waals surface area contributed by atoms with Gasteiger partial charge in [0.1, 0.15) is 5.82 Å². The first-order valence-corrected chi connectivity index (χ1v) is 7.04. The van der Waals surface area contributed by atoms with Crippen molar-refractivity contribution in [3.05, 3.63) is 23.4 Å². The van der Waals surface area contributed by atoms with Gasteiger partial charge in [0, 0.05) is 18.8 Å². The second kappa shape index (κ2) is 5.21. The number of piperidine rings is 1. The molecular formula is C16H23N3. The summed E-state index contributed by atoms with van der Waals surface area (Å²) in [5.74, 6) is 1.74. The topological polar surface area (TPSA) is 39.9 Å². The summed E-state index contributed by atoms with van der Waals surface area (Å²) in [5, 5.41) is 9.04. The van der Waals surface area contributed by atoms with Crippen LogP contribution in [-0.2, 0) is 0 Å². The van der Waals surface area contributed by atoms with Crippen molar-refractivity contribution in [3.8, 4) is 6.07 Å². The van der Waals surface area contributed by atoms with Crippen molar-refractivity contribution in [2.45, 2.75) is 40.5 Å². The minimum atomic E-state index is 0.393. The Kier molecular flexibility index (Phi) is 3.80. The van der Waals surface area contributed by atoms with Crippen LogP contribution in [0.5, 0.6) is 0 Å². The maximum Gasteiger partial charge on any atom is 0.130 e. The second-order valence-corrected chi connectivity index (χ2v) is 6.59. The molecule has 3 heteroatoms. The van der Waals surface area contributed by atoms with Crippen LogP contribution in [0.3, 0.4) is 0 Å². The summed E-state index contributed by atoms with van der Waals surface area (Å²) < 4.78 is 0. The molecule has 1 aliphatic heterocycles. The number of hydrogen-bond acceptors (Lipinski definition) is 3. The molecule has 1 aliphatic rings. The summed E-state index contributed by atoms with van der Waals surface area (Å²) in [6, 6.07) is 5.96. The van der Waals surface area contributed by atoms with E-state index in [0.717, 1.165) is 30.5 Å². The Morgan fingerprint density at radius 1 is 1.26 bits per heavy atom. The fourth-order valence-corrected chi connectivity index (χ4v) is 2.85. The van der Waals surface area contributed by atoms with E-state index in [9.17, 15) is 0 Å². The van der Waals surface area contributed by atoms with Crippen molar-refractivity contribution in [2.75, 3.05) is 18.0 Å². The molecule has 102 valence electrons. The van der Waals surface area contributed by atoms with Crippen LogP contribution in [0.25, 0.3) is 0 Å². The molecule has 2 heterocycles. The van der Waals surface area contributed by atoms with Crippen molar-refractivity contribution < 1.29 is 0 Å². The standard InChI is InChI=1S/C16H23N3/c1-12-9-13(11-17)10-15(18-12)19-7-5-14(6-8-19)16(2,3)4/h9-10,14H,5-8H2,1-4H3. The average molecular weight is 257 g/mol. The maximum absolute atomic E-state index is 9.04. The number of nitrogens with zero attached hydrogens (tertiary/aromatic N) is 3. The molecule has 0 radical (unpaired) electrons. The lowest BCUT2D eigenvalue weighted by atomic mass is 9.75. The van der Waals surface area contributed by atoms with Gasteiger partial charge in [-0.2, -0.15) is 5.26 Å². The van der Waals surface area contributed by atoms with Crippen LogP contribution in [0, 0.1) is 29.6 Å². The van der Waals surface area contributed by atoms with Crippen LogP contribution in [-0.4, -0.2) is 18.1 Å². The van der Waals surface area contributed by atoms with Gasteiger partial charge < -0.3 is 4.90 Å². The molecule has 0 N–H and O–H groups in total. The molecule has 0 aromatic carbocycles. The third-order valence-corrected chi connectivity index (χ3v) is 4.11. The largest absolute Gasteiger partial charge is 0.357 e. The molecule has 0 bridgehead atoms. The van der Waals surface area contributed by atoms with Crippen LogP contribution in [0.15, 0.2) is 12.1 Å². The first-order chi connectivity index (χ1) is 8.90. The summed E-state index contributed by atoms with van der Waals surface area (Å²) in [6.45, 7) is 11.0. The van der Waals surface area contributed by atoms with Gasteiger partial charge in [-0.25, -0.2) is 4.98 Å². The molecule has 2 rings (SSSR count). The van der Waals surface area contributed by atoms with E-state index in [0.29, 0.717) is 11.0 Å². The number of rotatable bonds is 1. The van der Waals surface area contributed by atoms with E-state index in [1.165, 1.54) is 12.8 Å². The zero-order valence-electron chi connectivity index (χ0n) is 12.4. The average Bonchev–Trinajstić information content (AvgIpc) is 2.37. The SMILES string of the molecule is Cc1cc(C#N)cc(N2CCC(C(C)(C)C)CC2)n1. The predicted molar refractivity (Wildman–Crippen MR) is 78.1 cm³/mol. The van der Waals surface area contributed by atoms with Gasteiger partial charge in [-0.1, -0.05) is 20.8 Å². The van der Waals surface area contributed by atoms with Crippen LogP contribution in [0.1, 0.15) is 44.9 Å². The molecular weight excluding hydrogens is 234 g/mol. The Balaban J connectivity index is 2.10. The monoisotopic (exact) mass is 257 g/mol. The maximum atomic E-state index is 9.04. The fourth-order valence-electron chi connectivity index (χ4n) is 2.85. The van der Waals surface area contributed by atoms with Gasteiger partial charge in [-0.3, -0.25) is 0 Å². The third kappa shape index (κ3) is 3.26. The minimum absolute atomic E-state index is 0.393. The third-order valence-electron chi connectivity index (χ3n) is 4.11. The lowest BCUT2D eigenvalue weighted by Crippen LogP contribution is -2.38. The molecule has 0 amide bonds. The molecule has 1 aromatic rings. The highest BCUT2D eigenvalue weighted by Crippen LogP contribution is 2.35.